The molecule has 16 heteroatoms. The first-order valence-corrected chi connectivity index (χ1v) is 15.4. The van der Waals surface area contributed by atoms with Crippen molar-refractivity contribution < 1.29 is 0 Å². The fourth-order valence-corrected chi connectivity index (χ4v) is 7.52. The highest BCUT2D eigenvalue weighted by atomic mass is 35.5. The second-order valence-corrected chi connectivity index (χ2v) is 13.1. The minimum atomic E-state index is -0.0860. The van der Waals surface area contributed by atoms with Crippen LogP contribution < -0.4 is 0 Å². The molecule has 0 atom stereocenters. The molecule has 0 saturated carbocycles. The van der Waals surface area contributed by atoms with Gasteiger partial charge in [-0.25, -0.2) is 0 Å². The van der Waals surface area contributed by atoms with E-state index in [4.69, 9.17) is 174 Å². The lowest BCUT2D eigenvalue weighted by Gasteiger charge is -2.20. The fraction of sp³-hybridized carbons (Fsp3) is 0. The van der Waals surface area contributed by atoms with E-state index in [0.717, 1.165) is 0 Å². The Balaban J connectivity index is 2.23. The highest BCUT2D eigenvalue weighted by Crippen LogP contribution is 2.55. The van der Waals surface area contributed by atoms with Gasteiger partial charge in [0.05, 0.1) is 81.0 Å². The number of hydrogen-bond donors (Lipinski definition) is 0. The topological polar surface area (TPSA) is 12.9 Å². The van der Waals surface area contributed by atoms with Crippen LogP contribution in [0.4, 0.5) is 0 Å². The van der Waals surface area contributed by atoms with Crippen LogP contribution in [0, 0.1) is 0 Å². The number of rotatable bonds is 3. The molecule has 204 valence electrons. The number of aromatic nitrogens is 1. The summed E-state index contributed by atoms with van der Waals surface area (Å²) >= 11 is 96.0. The van der Waals surface area contributed by atoms with Crippen molar-refractivity contribution in [2.24, 2.45) is 0 Å². The van der Waals surface area contributed by atoms with Gasteiger partial charge in [-0.3, -0.25) is 4.98 Å². The Morgan fingerprint density at radius 1 is 0.333 bits per heavy atom. The smallest absolute Gasteiger partial charge is 0.0812 e. The average Bonchev–Trinajstić information content (AvgIpc) is 2.91. The van der Waals surface area contributed by atoms with E-state index >= 15 is 0 Å². The maximum Gasteiger partial charge on any atom is 0.0812 e. The van der Waals surface area contributed by atoms with Gasteiger partial charge in [0, 0.05) is 34.0 Å². The molecule has 0 fully saturated rings. The molecule has 0 bridgehead atoms. The molecule has 1 nitrogen and oxygen atoms in total. The highest BCUT2D eigenvalue weighted by molar-refractivity contribution is 6.59. The minimum absolute atomic E-state index is 0.00502. The average molecular weight is 824 g/mol. The van der Waals surface area contributed by atoms with Gasteiger partial charge >= 0.3 is 0 Å². The van der Waals surface area contributed by atoms with Gasteiger partial charge in [-0.15, -0.1) is 0 Å². The van der Waals surface area contributed by atoms with Gasteiger partial charge < -0.3 is 0 Å². The van der Waals surface area contributed by atoms with Crippen LogP contribution in [0.5, 0.6) is 0 Å². The summed E-state index contributed by atoms with van der Waals surface area (Å²) in [4.78, 5) is 4.56. The molecule has 0 aliphatic carbocycles. The summed E-state index contributed by atoms with van der Waals surface area (Å²) in [5.74, 6) is 0. The largest absolute Gasteiger partial charge is 0.255 e. The molecule has 0 aliphatic heterocycles. The molecule has 0 aliphatic rings. The highest BCUT2D eigenvalue weighted by Gasteiger charge is 2.29. The van der Waals surface area contributed by atoms with Crippen molar-refractivity contribution in [1.82, 2.24) is 4.98 Å². The Morgan fingerprint density at radius 3 is 0.974 bits per heavy atom. The van der Waals surface area contributed by atoms with Crippen molar-refractivity contribution in [2.75, 3.05) is 0 Å². The Kier molecular flexibility index (Phi) is 10.7. The zero-order chi connectivity index (χ0) is 29.2. The van der Waals surface area contributed by atoms with Crippen LogP contribution in [0.1, 0.15) is 0 Å². The first-order chi connectivity index (χ1) is 18.1. The maximum atomic E-state index is 6.63. The van der Waals surface area contributed by atoms with Crippen molar-refractivity contribution >= 4 is 174 Å². The van der Waals surface area contributed by atoms with Crippen molar-refractivity contribution in [1.29, 1.82) is 0 Å². The lowest BCUT2D eigenvalue weighted by molar-refractivity contribution is 1.32. The summed E-state index contributed by atoms with van der Waals surface area (Å²) in [6.45, 7) is 0. The van der Waals surface area contributed by atoms with Crippen molar-refractivity contribution in [2.45, 2.75) is 0 Å². The normalized spacial score (nSPS) is 11.5. The molecule has 39 heavy (non-hydrogen) atoms. The molecule has 0 N–H and O–H groups in total. The van der Waals surface area contributed by atoms with E-state index in [-0.39, 0.29) is 103 Å². The second kappa shape index (κ2) is 12.6. The standard InChI is InChI=1S/C23H2Cl15N/c24-8-5(9(25)15(31)20(36)14(8)30)3-1-4(6-10(26)16(32)21(37)17(33)11(6)27)23(39-2-3)7-12(28)18(34)22(38)19(35)13(7)29/h1-2H. The zero-order valence-electron chi connectivity index (χ0n) is 17.8. The molecule has 3 aromatic carbocycles. The molecular formula is C23H2Cl15N. The van der Waals surface area contributed by atoms with E-state index in [1.165, 1.54) is 6.20 Å². The van der Waals surface area contributed by atoms with E-state index in [0.29, 0.717) is 5.56 Å². The molecule has 1 aromatic heterocycles. The van der Waals surface area contributed by atoms with Crippen molar-refractivity contribution in [3.8, 4) is 33.5 Å². The minimum Gasteiger partial charge on any atom is -0.255 e. The van der Waals surface area contributed by atoms with Crippen LogP contribution in [0.2, 0.25) is 75.3 Å². The number of pyridine rings is 1. The molecule has 1 heterocycles. The number of hydrogen-bond acceptors (Lipinski definition) is 1. The summed E-state index contributed by atoms with van der Waals surface area (Å²) in [7, 11) is 0. The molecule has 0 amide bonds. The van der Waals surface area contributed by atoms with Gasteiger partial charge in [0.2, 0.25) is 0 Å². The Labute approximate surface area is 296 Å². The third kappa shape index (κ3) is 5.61. The lowest BCUT2D eigenvalue weighted by Crippen LogP contribution is -1.97. The molecule has 0 radical (unpaired) electrons. The predicted molar refractivity (Wildman–Crippen MR) is 176 cm³/mol. The third-order valence-corrected chi connectivity index (χ3v) is 12.1. The summed E-state index contributed by atoms with van der Waals surface area (Å²) < 4.78 is 0. The monoisotopic (exact) mass is 817 g/mol. The summed E-state index contributed by atoms with van der Waals surface area (Å²) in [5, 5.41) is -0.850. The van der Waals surface area contributed by atoms with Crippen molar-refractivity contribution in [3.05, 3.63) is 87.6 Å². The van der Waals surface area contributed by atoms with E-state index in [1.807, 2.05) is 0 Å². The van der Waals surface area contributed by atoms with Crippen LogP contribution in [0.15, 0.2) is 12.3 Å². The molecule has 4 rings (SSSR count). The number of benzene rings is 3. The molecular weight excluding hydrogens is 822 g/mol. The lowest BCUT2D eigenvalue weighted by atomic mass is 9.95. The molecule has 0 spiro atoms. The van der Waals surface area contributed by atoms with Crippen LogP contribution in [0.25, 0.3) is 33.5 Å². The first kappa shape index (κ1) is 33.1. The maximum absolute atomic E-state index is 6.63. The first-order valence-electron chi connectivity index (χ1n) is 9.68. The molecule has 0 saturated heterocycles. The van der Waals surface area contributed by atoms with Gasteiger partial charge in [0.25, 0.3) is 0 Å². The molecule has 4 aromatic rings. The Bertz CT molecular complexity index is 1630. The van der Waals surface area contributed by atoms with Gasteiger partial charge in [0.1, 0.15) is 0 Å². The van der Waals surface area contributed by atoms with Gasteiger partial charge in [0.15, 0.2) is 0 Å². The van der Waals surface area contributed by atoms with E-state index in [1.54, 1.807) is 6.07 Å². The van der Waals surface area contributed by atoms with Gasteiger partial charge in [-0.2, -0.15) is 0 Å². The quantitative estimate of drug-likeness (QED) is 0.148. The summed E-state index contributed by atoms with van der Waals surface area (Å²) in [5.41, 5.74) is 0.993. The van der Waals surface area contributed by atoms with Crippen LogP contribution in [-0.2, 0) is 0 Å². The van der Waals surface area contributed by atoms with Crippen LogP contribution in [-0.4, -0.2) is 4.98 Å². The molecule has 0 unspecified atom stereocenters. The predicted octanol–water partition coefficient (Wildman–Crippen LogP) is 15.9. The van der Waals surface area contributed by atoms with E-state index < -0.39 is 0 Å². The van der Waals surface area contributed by atoms with E-state index in [9.17, 15) is 0 Å². The second-order valence-electron chi connectivity index (χ2n) is 7.45. The van der Waals surface area contributed by atoms with Crippen LogP contribution in [0.3, 0.4) is 0 Å². The summed E-state index contributed by atoms with van der Waals surface area (Å²) in [6, 6.07) is 1.55. The Morgan fingerprint density at radius 2 is 0.615 bits per heavy atom. The van der Waals surface area contributed by atoms with Crippen molar-refractivity contribution in [3.63, 3.8) is 0 Å². The van der Waals surface area contributed by atoms with Crippen LogP contribution >= 0.6 is 174 Å². The van der Waals surface area contributed by atoms with Gasteiger partial charge in [-0.05, 0) is 6.07 Å². The fourth-order valence-electron chi connectivity index (χ4n) is 3.50. The number of halogens is 15. The SMILES string of the molecule is Clc1c(Cl)c(Cl)c(-c2cnc(-c3c(Cl)c(Cl)c(Cl)c(Cl)c3Cl)c(-c3c(Cl)c(Cl)c(Cl)c(Cl)c3Cl)c2)c(Cl)c1Cl. The summed E-state index contributed by atoms with van der Waals surface area (Å²) in [6.07, 6.45) is 1.39. The van der Waals surface area contributed by atoms with Gasteiger partial charge in [-0.1, -0.05) is 174 Å². The third-order valence-electron chi connectivity index (χ3n) is 5.31. The Hall–Kier alpha value is 1.16. The van der Waals surface area contributed by atoms with E-state index in [2.05, 4.69) is 4.98 Å². The number of nitrogens with zero attached hydrogens (tertiary/aromatic N) is 1. The zero-order valence-corrected chi connectivity index (χ0v) is 29.1.